The number of rotatable bonds is 2. The van der Waals surface area contributed by atoms with Crippen molar-refractivity contribution < 1.29 is 4.74 Å². The summed E-state index contributed by atoms with van der Waals surface area (Å²) in [5.74, 6) is 1.48. The van der Waals surface area contributed by atoms with Gasteiger partial charge < -0.3 is 10.5 Å². The van der Waals surface area contributed by atoms with Gasteiger partial charge in [0.25, 0.3) is 0 Å². The molecule has 0 heterocycles. The first-order valence-corrected chi connectivity index (χ1v) is 6.24. The van der Waals surface area contributed by atoms with E-state index in [1.54, 1.807) is 18.2 Å². The van der Waals surface area contributed by atoms with Gasteiger partial charge in [0.15, 0.2) is 0 Å². The summed E-state index contributed by atoms with van der Waals surface area (Å²) in [5, 5.41) is 0.674. The lowest BCUT2D eigenvalue weighted by Gasteiger charge is -2.27. The van der Waals surface area contributed by atoms with Gasteiger partial charge in [-0.2, -0.15) is 0 Å². The maximum Gasteiger partial charge on any atom is 0.144 e. The van der Waals surface area contributed by atoms with Crippen molar-refractivity contribution in [2.24, 2.45) is 5.92 Å². The third-order valence-electron chi connectivity index (χ3n) is 3.16. The van der Waals surface area contributed by atoms with Crippen LogP contribution in [0.2, 0.25) is 5.02 Å². The van der Waals surface area contributed by atoms with Gasteiger partial charge in [0.05, 0.1) is 11.8 Å². The van der Waals surface area contributed by atoms with Crippen LogP contribution in [0.3, 0.4) is 0 Å². The molecule has 1 saturated carbocycles. The maximum absolute atomic E-state index is 5.93. The van der Waals surface area contributed by atoms with E-state index in [4.69, 9.17) is 22.1 Å². The number of nitrogen functional groups attached to an aromatic ring is 1. The minimum Gasteiger partial charge on any atom is -0.488 e. The van der Waals surface area contributed by atoms with Crippen molar-refractivity contribution >= 4 is 17.3 Å². The molecule has 16 heavy (non-hydrogen) atoms. The lowest BCUT2D eigenvalue weighted by molar-refractivity contribution is 0.130. The molecule has 0 radical (unpaired) electrons. The first kappa shape index (κ1) is 11.6. The second-order valence-electron chi connectivity index (χ2n) is 4.69. The van der Waals surface area contributed by atoms with Gasteiger partial charge in [-0.3, -0.25) is 0 Å². The average Bonchev–Trinajstić information content (AvgIpc) is 2.24. The summed E-state index contributed by atoms with van der Waals surface area (Å²) in [6.07, 6.45) is 5.09. The predicted octanol–water partition coefficient (Wildman–Crippen LogP) is 3.88. The van der Waals surface area contributed by atoms with Gasteiger partial charge in [-0.25, -0.2) is 0 Å². The van der Waals surface area contributed by atoms with E-state index in [2.05, 4.69) is 6.92 Å². The van der Waals surface area contributed by atoms with Crippen LogP contribution in [-0.4, -0.2) is 6.10 Å². The normalized spacial score (nSPS) is 25.4. The summed E-state index contributed by atoms with van der Waals surface area (Å²) in [7, 11) is 0. The molecular formula is C13H18ClNO. The fraction of sp³-hybridized carbons (Fsp3) is 0.538. The molecule has 1 aliphatic carbocycles. The van der Waals surface area contributed by atoms with Crippen molar-refractivity contribution in [3.8, 4) is 5.75 Å². The summed E-state index contributed by atoms with van der Waals surface area (Å²) >= 11 is 5.93. The Morgan fingerprint density at radius 1 is 1.38 bits per heavy atom. The Bertz CT molecular complexity index is 367. The quantitative estimate of drug-likeness (QED) is 0.795. The Morgan fingerprint density at radius 3 is 2.94 bits per heavy atom. The van der Waals surface area contributed by atoms with Gasteiger partial charge in [0.1, 0.15) is 5.75 Å². The zero-order valence-corrected chi connectivity index (χ0v) is 10.3. The van der Waals surface area contributed by atoms with Crippen molar-refractivity contribution in [2.45, 2.75) is 38.7 Å². The molecule has 2 unspecified atom stereocenters. The van der Waals surface area contributed by atoms with Crippen molar-refractivity contribution in [1.82, 2.24) is 0 Å². The largest absolute Gasteiger partial charge is 0.488 e. The molecule has 0 bridgehead atoms. The summed E-state index contributed by atoms with van der Waals surface area (Å²) in [5.41, 5.74) is 6.53. The Balaban J connectivity index is 2.05. The van der Waals surface area contributed by atoms with Crippen LogP contribution in [0.5, 0.6) is 5.75 Å². The number of hydrogen-bond donors (Lipinski definition) is 1. The third kappa shape index (κ3) is 2.82. The molecule has 1 aromatic carbocycles. The van der Waals surface area contributed by atoms with E-state index < -0.39 is 0 Å². The molecule has 0 saturated heterocycles. The van der Waals surface area contributed by atoms with Gasteiger partial charge in [0.2, 0.25) is 0 Å². The van der Waals surface area contributed by atoms with E-state index in [0.717, 1.165) is 24.5 Å². The molecule has 2 atom stereocenters. The van der Waals surface area contributed by atoms with Crippen molar-refractivity contribution in [1.29, 1.82) is 0 Å². The van der Waals surface area contributed by atoms with Crippen LogP contribution in [0.25, 0.3) is 0 Å². The summed E-state index contributed by atoms with van der Waals surface area (Å²) in [6, 6.07) is 5.38. The number of nitrogens with two attached hydrogens (primary N) is 1. The highest BCUT2D eigenvalue weighted by molar-refractivity contribution is 6.30. The summed E-state index contributed by atoms with van der Waals surface area (Å²) < 4.78 is 5.93. The molecular weight excluding hydrogens is 222 g/mol. The second-order valence-corrected chi connectivity index (χ2v) is 5.13. The minimum atomic E-state index is 0.296. The van der Waals surface area contributed by atoms with Crippen LogP contribution in [0, 0.1) is 5.92 Å². The average molecular weight is 240 g/mol. The highest BCUT2D eigenvalue weighted by atomic mass is 35.5. The van der Waals surface area contributed by atoms with E-state index >= 15 is 0 Å². The Kier molecular flexibility index (Phi) is 3.59. The molecule has 2 N–H and O–H groups in total. The van der Waals surface area contributed by atoms with E-state index in [1.807, 2.05) is 0 Å². The van der Waals surface area contributed by atoms with Gasteiger partial charge in [-0.05, 0) is 37.3 Å². The molecule has 1 aromatic rings. The Hall–Kier alpha value is -0.890. The minimum absolute atomic E-state index is 0.296. The second kappa shape index (κ2) is 4.96. The number of anilines is 1. The first-order chi connectivity index (χ1) is 7.65. The highest BCUT2D eigenvalue weighted by Gasteiger charge is 2.20. The molecule has 1 fully saturated rings. The zero-order valence-electron chi connectivity index (χ0n) is 9.58. The molecule has 0 aliphatic heterocycles. The van der Waals surface area contributed by atoms with Crippen molar-refractivity contribution in [2.75, 3.05) is 5.73 Å². The number of benzene rings is 1. The molecule has 2 nitrogen and oxygen atoms in total. The molecule has 0 amide bonds. The topological polar surface area (TPSA) is 35.2 Å². The Labute approximate surface area is 102 Å². The van der Waals surface area contributed by atoms with Gasteiger partial charge >= 0.3 is 0 Å². The number of ether oxygens (including phenoxy) is 1. The lowest BCUT2D eigenvalue weighted by Crippen LogP contribution is -2.24. The van der Waals surface area contributed by atoms with Gasteiger partial charge in [-0.15, -0.1) is 0 Å². The van der Waals surface area contributed by atoms with Crippen LogP contribution in [0.1, 0.15) is 32.6 Å². The maximum atomic E-state index is 5.93. The highest BCUT2D eigenvalue weighted by Crippen LogP contribution is 2.31. The van der Waals surface area contributed by atoms with Crippen LogP contribution in [0.4, 0.5) is 5.69 Å². The van der Waals surface area contributed by atoms with Crippen LogP contribution in [0.15, 0.2) is 18.2 Å². The van der Waals surface area contributed by atoms with E-state index in [0.29, 0.717) is 16.8 Å². The molecule has 0 spiro atoms. The fourth-order valence-electron chi connectivity index (χ4n) is 2.28. The first-order valence-electron chi connectivity index (χ1n) is 5.87. The van der Waals surface area contributed by atoms with Crippen LogP contribution < -0.4 is 10.5 Å². The van der Waals surface area contributed by atoms with E-state index in [9.17, 15) is 0 Å². The number of hydrogen-bond acceptors (Lipinski definition) is 2. The molecule has 3 heteroatoms. The smallest absolute Gasteiger partial charge is 0.144 e. The fourth-order valence-corrected chi connectivity index (χ4v) is 2.44. The van der Waals surface area contributed by atoms with Gasteiger partial charge in [0, 0.05) is 11.1 Å². The molecule has 88 valence electrons. The predicted molar refractivity (Wildman–Crippen MR) is 67.9 cm³/mol. The number of halogens is 1. The molecule has 2 rings (SSSR count). The van der Waals surface area contributed by atoms with E-state index in [-0.39, 0.29) is 0 Å². The van der Waals surface area contributed by atoms with Gasteiger partial charge in [-0.1, -0.05) is 24.9 Å². The van der Waals surface area contributed by atoms with E-state index in [1.165, 1.54) is 12.8 Å². The van der Waals surface area contributed by atoms with Crippen LogP contribution in [-0.2, 0) is 0 Å². The zero-order chi connectivity index (χ0) is 11.5. The summed E-state index contributed by atoms with van der Waals surface area (Å²) in [6.45, 7) is 2.27. The van der Waals surface area contributed by atoms with Crippen LogP contribution >= 0.6 is 11.6 Å². The molecule has 0 aromatic heterocycles. The molecule has 1 aliphatic rings. The van der Waals surface area contributed by atoms with Crippen molar-refractivity contribution in [3.63, 3.8) is 0 Å². The van der Waals surface area contributed by atoms with Crippen molar-refractivity contribution in [3.05, 3.63) is 23.2 Å². The summed E-state index contributed by atoms with van der Waals surface area (Å²) in [4.78, 5) is 0. The third-order valence-corrected chi connectivity index (χ3v) is 3.39. The SMILES string of the molecule is CC1CCCC(Oc2cc(Cl)ccc2N)C1. The monoisotopic (exact) mass is 239 g/mol. The lowest BCUT2D eigenvalue weighted by atomic mass is 9.89. The standard InChI is InChI=1S/C13H18ClNO/c1-9-3-2-4-11(7-9)16-13-8-10(14)5-6-12(13)15/h5-6,8-9,11H,2-4,7,15H2,1H3. The Morgan fingerprint density at radius 2 is 2.19 bits per heavy atom.